The fraction of sp³-hybridized carbons (Fsp3) is 0.900. The maximum Gasteiger partial charge on any atom is 0.138 e. The number of hydrogen-bond donors (Lipinski definition) is 0. The summed E-state index contributed by atoms with van der Waals surface area (Å²) < 4.78 is 0. The molecule has 0 bridgehead atoms. The van der Waals surface area contributed by atoms with Crippen LogP contribution in [0.1, 0.15) is 20.3 Å². The van der Waals surface area contributed by atoms with Crippen molar-refractivity contribution in [1.29, 1.82) is 0 Å². The first-order valence-electron chi connectivity index (χ1n) is 4.91. The van der Waals surface area contributed by atoms with E-state index < -0.39 is 0 Å². The molecule has 0 saturated carbocycles. The van der Waals surface area contributed by atoms with Crippen LogP contribution in [0, 0.1) is 5.92 Å². The Labute approximate surface area is 85.1 Å². The molecule has 0 radical (unpaired) electrons. The highest BCUT2D eigenvalue weighted by atomic mass is 32.2. The molecule has 76 valence electrons. The van der Waals surface area contributed by atoms with Gasteiger partial charge in [0.2, 0.25) is 0 Å². The van der Waals surface area contributed by atoms with Crippen molar-refractivity contribution in [2.24, 2.45) is 5.92 Å². The molecule has 0 amide bonds. The lowest BCUT2D eigenvalue weighted by atomic mass is 9.98. The molecular weight excluding hydrogens is 182 g/mol. The van der Waals surface area contributed by atoms with Crippen molar-refractivity contribution in [2.75, 3.05) is 25.1 Å². The minimum Gasteiger partial charge on any atom is -0.299 e. The highest BCUT2D eigenvalue weighted by molar-refractivity contribution is 7.98. The Morgan fingerprint density at radius 2 is 2.38 bits per heavy atom. The van der Waals surface area contributed by atoms with Crippen molar-refractivity contribution < 1.29 is 4.79 Å². The Hall–Kier alpha value is -0.0200. The molecule has 0 aromatic heterocycles. The number of Topliss-reactive ketones (excluding diaryl/α,β-unsaturated/α-hetero) is 1. The molecule has 1 aliphatic heterocycles. The number of hydrogen-bond acceptors (Lipinski definition) is 3. The first-order valence-corrected chi connectivity index (χ1v) is 6.30. The first-order chi connectivity index (χ1) is 6.15. The van der Waals surface area contributed by atoms with E-state index in [1.54, 1.807) is 0 Å². The van der Waals surface area contributed by atoms with Crippen molar-refractivity contribution in [3.63, 3.8) is 0 Å². The number of likely N-dealkylation sites (tertiary alicyclic amines) is 1. The van der Waals surface area contributed by atoms with Crippen molar-refractivity contribution in [3.8, 4) is 0 Å². The van der Waals surface area contributed by atoms with Gasteiger partial charge in [-0.15, -0.1) is 0 Å². The molecule has 1 rings (SSSR count). The minimum atomic E-state index is 0.248. The van der Waals surface area contributed by atoms with E-state index in [0.29, 0.717) is 11.8 Å². The summed E-state index contributed by atoms with van der Waals surface area (Å²) in [4.78, 5) is 13.7. The first kappa shape index (κ1) is 11.1. The Morgan fingerprint density at radius 1 is 1.69 bits per heavy atom. The Morgan fingerprint density at radius 3 is 2.92 bits per heavy atom. The lowest BCUT2D eigenvalue weighted by Gasteiger charge is -2.34. The smallest absolute Gasteiger partial charge is 0.138 e. The van der Waals surface area contributed by atoms with Crippen molar-refractivity contribution in [1.82, 2.24) is 4.90 Å². The van der Waals surface area contributed by atoms with E-state index in [1.165, 1.54) is 5.75 Å². The quantitative estimate of drug-likeness (QED) is 0.692. The van der Waals surface area contributed by atoms with E-state index in [0.717, 1.165) is 19.5 Å². The lowest BCUT2D eigenvalue weighted by molar-refractivity contribution is -0.125. The van der Waals surface area contributed by atoms with E-state index in [4.69, 9.17) is 0 Å². The average molecular weight is 201 g/mol. The summed E-state index contributed by atoms with van der Waals surface area (Å²) in [5.74, 6) is 1.85. The van der Waals surface area contributed by atoms with Crippen LogP contribution < -0.4 is 0 Å². The van der Waals surface area contributed by atoms with Crippen LogP contribution in [0.15, 0.2) is 0 Å². The summed E-state index contributed by atoms with van der Waals surface area (Å²) >= 11 is 1.88. The van der Waals surface area contributed by atoms with Gasteiger partial charge in [-0.25, -0.2) is 0 Å². The molecular formula is C10H19NOS. The number of carbonyl (C=O) groups excluding carboxylic acids is 1. The van der Waals surface area contributed by atoms with E-state index in [-0.39, 0.29) is 5.92 Å². The van der Waals surface area contributed by atoms with Crippen molar-refractivity contribution >= 4 is 17.5 Å². The molecule has 13 heavy (non-hydrogen) atoms. The summed E-state index contributed by atoms with van der Waals surface area (Å²) in [6, 6.07) is 0.616. The summed E-state index contributed by atoms with van der Waals surface area (Å²) in [6.45, 7) is 6.21. The van der Waals surface area contributed by atoms with Gasteiger partial charge in [0.25, 0.3) is 0 Å². The van der Waals surface area contributed by atoms with Crippen LogP contribution in [-0.2, 0) is 4.79 Å². The Balaban J connectivity index is 2.40. The largest absolute Gasteiger partial charge is 0.299 e. The third kappa shape index (κ3) is 2.99. The number of nitrogens with zero attached hydrogens (tertiary/aromatic N) is 1. The summed E-state index contributed by atoms with van der Waals surface area (Å²) in [7, 11) is 0. The predicted octanol–water partition coefficient (Wildman–Crippen LogP) is 1.65. The monoisotopic (exact) mass is 201 g/mol. The fourth-order valence-corrected chi connectivity index (χ4v) is 2.49. The summed E-state index contributed by atoms with van der Waals surface area (Å²) in [6.07, 6.45) is 2.88. The van der Waals surface area contributed by atoms with Gasteiger partial charge in [-0.05, 0) is 13.2 Å². The maximum absolute atomic E-state index is 11.3. The molecule has 1 aliphatic rings. The van der Waals surface area contributed by atoms with Crippen molar-refractivity contribution in [2.45, 2.75) is 26.3 Å². The SMILES string of the molecule is CSCC(C)N1CCC(=O)C(C)C1. The van der Waals surface area contributed by atoms with Crippen LogP contribution in [0.5, 0.6) is 0 Å². The van der Waals surface area contributed by atoms with Gasteiger partial charge in [-0.2, -0.15) is 11.8 Å². The second-order valence-electron chi connectivity index (χ2n) is 3.92. The molecule has 0 aliphatic carbocycles. The topological polar surface area (TPSA) is 20.3 Å². The molecule has 2 nitrogen and oxygen atoms in total. The number of thioether (sulfide) groups is 1. The second-order valence-corrected chi connectivity index (χ2v) is 4.83. The standard InChI is InChI=1S/C10H19NOS/c1-8-6-11(5-4-10(8)12)9(2)7-13-3/h8-9H,4-7H2,1-3H3. The van der Waals surface area contributed by atoms with E-state index >= 15 is 0 Å². The summed E-state index contributed by atoms with van der Waals surface area (Å²) in [5.41, 5.74) is 0. The highest BCUT2D eigenvalue weighted by Gasteiger charge is 2.25. The number of carbonyl (C=O) groups is 1. The molecule has 0 N–H and O–H groups in total. The van der Waals surface area contributed by atoms with E-state index in [9.17, 15) is 4.79 Å². The Bertz CT molecular complexity index is 184. The van der Waals surface area contributed by atoms with Crippen LogP contribution in [0.25, 0.3) is 0 Å². The number of ketones is 1. The van der Waals surface area contributed by atoms with Gasteiger partial charge in [0.15, 0.2) is 0 Å². The van der Waals surface area contributed by atoms with Crippen LogP contribution in [0.3, 0.4) is 0 Å². The zero-order valence-electron chi connectivity index (χ0n) is 8.75. The highest BCUT2D eigenvalue weighted by Crippen LogP contribution is 2.16. The molecule has 1 heterocycles. The third-order valence-corrected chi connectivity index (χ3v) is 3.55. The molecule has 0 aromatic rings. The fourth-order valence-electron chi connectivity index (χ4n) is 1.79. The molecule has 3 heteroatoms. The predicted molar refractivity (Wildman–Crippen MR) is 58.2 cm³/mol. The van der Waals surface area contributed by atoms with E-state index in [2.05, 4.69) is 18.1 Å². The summed E-state index contributed by atoms with van der Waals surface area (Å²) in [5, 5.41) is 0. The van der Waals surface area contributed by atoms with Gasteiger partial charge in [0, 0.05) is 37.2 Å². The molecule has 2 unspecified atom stereocenters. The molecule has 0 aromatic carbocycles. The lowest BCUT2D eigenvalue weighted by Crippen LogP contribution is -2.45. The normalized spacial score (nSPS) is 27.6. The average Bonchev–Trinajstić information content (AvgIpc) is 2.10. The van der Waals surface area contributed by atoms with Crippen LogP contribution >= 0.6 is 11.8 Å². The van der Waals surface area contributed by atoms with Crippen molar-refractivity contribution in [3.05, 3.63) is 0 Å². The third-order valence-electron chi connectivity index (χ3n) is 2.73. The van der Waals surface area contributed by atoms with Crippen LogP contribution in [0.2, 0.25) is 0 Å². The van der Waals surface area contributed by atoms with Crippen LogP contribution in [-0.4, -0.2) is 41.8 Å². The van der Waals surface area contributed by atoms with Gasteiger partial charge in [0.05, 0.1) is 0 Å². The molecule has 1 saturated heterocycles. The zero-order chi connectivity index (χ0) is 9.84. The van der Waals surface area contributed by atoms with E-state index in [1.807, 2.05) is 18.7 Å². The minimum absolute atomic E-state index is 0.248. The Kier molecular flexibility index (Phi) is 4.26. The van der Waals surface area contributed by atoms with Crippen LogP contribution in [0.4, 0.5) is 0 Å². The van der Waals surface area contributed by atoms with Gasteiger partial charge >= 0.3 is 0 Å². The number of rotatable bonds is 3. The molecule has 2 atom stereocenters. The van der Waals surface area contributed by atoms with Gasteiger partial charge < -0.3 is 0 Å². The van der Waals surface area contributed by atoms with Gasteiger partial charge in [-0.3, -0.25) is 9.69 Å². The molecule has 0 spiro atoms. The number of piperidine rings is 1. The van der Waals surface area contributed by atoms with Gasteiger partial charge in [-0.1, -0.05) is 6.92 Å². The van der Waals surface area contributed by atoms with Gasteiger partial charge in [0.1, 0.15) is 5.78 Å². The molecule has 1 fully saturated rings. The second kappa shape index (κ2) is 5.01. The maximum atomic E-state index is 11.3. The zero-order valence-corrected chi connectivity index (χ0v) is 9.56.